The Bertz CT molecular complexity index is 1120. The molecule has 0 spiro atoms. The predicted molar refractivity (Wildman–Crippen MR) is 123 cm³/mol. The van der Waals surface area contributed by atoms with Gasteiger partial charge in [-0.05, 0) is 51.0 Å². The predicted octanol–water partition coefficient (Wildman–Crippen LogP) is 4.34. The van der Waals surface area contributed by atoms with E-state index in [-0.39, 0.29) is 23.9 Å². The number of benzene rings is 2. The largest absolute Gasteiger partial charge is 0.450 e. The number of carbonyl (C=O) groups excluding carboxylic acids is 2. The minimum absolute atomic E-state index is 0.0526. The summed E-state index contributed by atoms with van der Waals surface area (Å²) in [4.78, 5) is 26.8. The van der Waals surface area contributed by atoms with Crippen molar-refractivity contribution in [1.29, 1.82) is 0 Å². The molecule has 0 atom stereocenters. The lowest BCUT2D eigenvalue weighted by molar-refractivity contribution is 0.0860. The molecule has 1 fully saturated rings. The Morgan fingerprint density at radius 1 is 1.09 bits per heavy atom. The van der Waals surface area contributed by atoms with Crippen LogP contribution in [0.2, 0.25) is 0 Å². The fraction of sp³-hybridized carbons (Fsp3) is 0.320. The monoisotopic (exact) mass is 450 g/mol. The standard InChI is InChI=1S/C25H27FN4O3/c1-3-33-25(32)29-14-12-20(13-15-29)27-24(31)22-16-30(21-10-8-19(26)9-11-21)28-23(22)18-6-4-17(2)5-7-18/h4-11,16,20H,3,12-15H2,1-2H3,(H,27,31). The smallest absolute Gasteiger partial charge is 0.409 e. The second kappa shape index (κ2) is 9.85. The third kappa shape index (κ3) is 5.22. The molecule has 0 saturated carbocycles. The van der Waals surface area contributed by atoms with Crippen LogP contribution in [0.4, 0.5) is 9.18 Å². The molecule has 0 bridgehead atoms. The zero-order chi connectivity index (χ0) is 23.4. The molecular formula is C25H27FN4O3. The van der Waals surface area contributed by atoms with Crippen LogP contribution in [0.15, 0.2) is 54.7 Å². The molecule has 4 rings (SSSR count). The summed E-state index contributed by atoms with van der Waals surface area (Å²) in [6, 6.07) is 13.7. The maximum Gasteiger partial charge on any atom is 0.409 e. The summed E-state index contributed by atoms with van der Waals surface area (Å²) in [5.74, 6) is -0.565. The highest BCUT2D eigenvalue weighted by Crippen LogP contribution is 2.25. The second-order valence-electron chi connectivity index (χ2n) is 8.11. The van der Waals surface area contributed by atoms with Gasteiger partial charge in [-0.2, -0.15) is 5.10 Å². The molecule has 1 N–H and O–H groups in total. The molecule has 8 heteroatoms. The molecule has 1 aliphatic rings. The van der Waals surface area contributed by atoms with Crippen LogP contribution in [0, 0.1) is 12.7 Å². The van der Waals surface area contributed by atoms with E-state index in [0.717, 1.165) is 11.1 Å². The normalized spacial score (nSPS) is 14.2. The van der Waals surface area contributed by atoms with E-state index in [1.165, 1.54) is 12.1 Å². The van der Waals surface area contributed by atoms with Crippen LogP contribution < -0.4 is 5.32 Å². The van der Waals surface area contributed by atoms with Gasteiger partial charge in [0, 0.05) is 30.9 Å². The fourth-order valence-electron chi connectivity index (χ4n) is 3.88. The first-order valence-corrected chi connectivity index (χ1v) is 11.1. The first-order chi connectivity index (χ1) is 15.9. The quantitative estimate of drug-likeness (QED) is 0.628. The van der Waals surface area contributed by atoms with Gasteiger partial charge in [-0.25, -0.2) is 13.9 Å². The van der Waals surface area contributed by atoms with Crippen LogP contribution in [0.1, 0.15) is 35.7 Å². The summed E-state index contributed by atoms with van der Waals surface area (Å²) in [6.07, 6.45) is 2.66. The second-order valence-corrected chi connectivity index (χ2v) is 8.11. The number of piperidine rings is 1. The molecule has 2 aromatic carbocycles. The molecule has 7 nitrogen and oxygen atoms in total. The maximum atomic E-state index is 13.4. The number of nitrogens with zero attached hydrogens (tertiary/aromatic N) is 3. The van der Waals surface area contributed by atoms with Crippen molar-refractivity contribution in [3.8, 4) is 16.9 Å². The minimum atomic E-state index is -0.336. The molecular weight excluding hydrogens is 423 g/mol. The number of halogens is 1. The van der Waals surface area contributed by atoms with Crippen LogP contribution in [0.5, 0.6) is 0 Å². The zero-order valence-corrected chi connectivity index (χ0v) is 18.8. The van der Waals surface area contributed by atoms with Crippen LogP contribution in [0.3, 0.4) is 0 Å². The topological polar surface area (TPSA) is 76.5 Å². The summed E-state index contributed by atoms with van der Waals surface area (Å²) in [5, 5.41) is 7.73. The van der Waals surface area contributed by atoms with Gasteiger partial charge in [-0.15, -0.1) is 0 Å². The van der Waals surface area contributed by atoms with E-state index in [1.54, 1.807) is 34.8 Å². The fourth-order valence-corrected chi connectivity index (χ4v) is 3.88. The molecule has 1 aromatic heterocycles. The van der Waals surface area contributed by atoms with E-state index in [9.17, 15) is 14.0 Å². The van der Waals surface area contributed by atoms with E-state index in [0.29, 0.717) is 49.5 Å². The number of hydrogen-bond acceptors (Lipinski definition) is 4. The Hall–Kier alpha value is -3.68. The van der Waals surface area contributed by atoms with Crippen molar-refractivity contribution in [2.24, 2.45) is 0 Å². The summed E-state index contributed by atoms with van der Waals surface area (Å²) < 4.78 is 20.0. The van der Waals surface area contributed by atoms with Gasteiger partial charge in [0.2, 0.25) is 0 Å². The average Bonchev–Trinajstić information content (AvgIpc) is 3.26. The lowest BCUT2D eigenvalue weighted by atomic mass is 10.0. The van der Waals surface area contributed by atoms with Crippen molar-refractivity contribution in [2.75, 3.05) is 19.7 Å². The Morgan fingerprint density at radius 2 is 1.76 bits per heavy atom. The zero-order valence-electron chi connectivity index (χ0n) is 18.8. The Labute approximate surface area is 192 Å². The lowest BCUT2D eigenvalue weighted by Crippen LogP contribution is -2.46. The number of amides is 2. The van der Waals surface area contributed by atoms with Gasteiger partial charge >= 0.3 is 6.09 Å². The third-order valence-corrected chi connectivity index (χ3v) is 5.73. The van der Waals surface area contributed by atoms with Gasteiger partial charge in [-0.3, -0.25) is 4.79 Å². The molecule has 0 aliphatic carbocycles. The van der Waals surface area contributed by atoms with E-state index in [4.69, 9.17) is 4.74 Å². The molecule has 172 valence electrons. The Kier molecular flexibility index (Phi) is 6.72. The van der Waals surface area contributed by atoms with Gasteiger partial charge in [0.05, 0.1) is 17.9 Å². The van der Waals surface area contributed by atoms with Crippen LogP contribution in [0.25, 0.3) is 16.9 Å². The van der Waals surface area contributed by atoms with Crippen LogP contribution in [-0.4, -0.2) is 52.4 Å². The summed E-state index contributed by atoms with van der Waals surface area (Å²) in [6.45, 7) is 5.18. The molecule has 3 aromatic rings. The first-order valence-electron chi connectivity index (χ1n) is 11.1. The third-order valence-electron chi connectivity index (χ3n) is 5.73. The molecule has 1 aliphatic heterocycles. The van der Waals surface area contributed by atoms with Crippen molar-refractivity contribution in [3.63, 3.8) is 0 Å². The van der Waals surface area contributed by atoms with Crippen molar-refractivity contribution < 1.29 is 18.7 Å². The molecule has 2 heterocycles. The highest BCUT2D eigenvalue weighted by atomic mass is 19.1. The van der Waals surface area contributed by atoms with Gasteiger partial charge in [0.25, 0.3) is 5.91 Å². The number of carbonyl (C=O) groups is 2. The molecule has 1 saturated heterocycles. The van der Waals surface area contributed by atoms with E-state index >= 15 is 0 Å². The minimum Gasteiger partial charge on any atom is -0.450 e. The van der Waals surface area contributed by atoms with Gasteiger partial charge in [0.15, 0.2) is 0 Å². The van der Waals surface area contributed by atoms with Crippen LogP contribution in [-0.2, 0) is 4.74 Å². The molecule has 0 radical (unpaired) electrons. The van der Waals surface area contributed by atoms with E-state index in [1.807, 2.05) is 31.2 Å². The van der Waals surface area contributed by atoms with Crippen molar-refractivity contribution in [1.82, 2.24) is 20.0 Å². The average molecular weight is 451 g/mol. The number of hydrogen-bond donors (Lipinski definition) is 1. The van der Waals surface area contributed by atoms with E-state index < -0.39 is 0 Å². The number of aromatic nitrogens is 2. The SMILES string of the molecule is CCOC(=O)N1CCC(NC(=O)c2cn(-c3ccc(F)cc3)nc2-c2ccc(C)cc2)CC1. The van der Waals surface area contributed by atoms with Gasteiger partial charge in [-0.1, -0.05) is 29.8 Å². The number of likely N-dealkylation sites (tertiary alicyclic amines) is 1. The summed E-state index contributed by atoms with van der Waals surface area (Å²) in [7, 11) is 0. The number of aryl methyl sites for hydroxylation is 1. The van der Waals surface area contributed by atoms with E-state index in [2.05, 4.69) is 10.4 Å². The highest BCUT2D eigenvalue weighted by Gasteiger charge is 2.26. The van der Waals surface area contributed by atoms with Crippen molar-refractivity contribution in [2.45, 2.75) is 32.7 Å². The number of rotatable bonds is 5. The number of ether oxygens (including phenoxy) is 1. The number of nitrogens with one attached hydrogen (secondary N) is 1. The van der Waals surface area contributed by atoms with Crippen LogP contribution >= 0.6 is 0 Å². The summed E-state index contributed by atoms with van der Waals surface area (Å²) >= 11 is 0. The molecule has 2 amide bonds. The molecule has 33 heavy (non-hydrogen) atoms. The van der Waals surface area contributed by atoms with Gasteiger partial charge in [0.1, 0.15) is 11.5 Å². The first kappa shape index (κ1) is 22.5. The Balaban J connectivity index is 1.55. The maximum absolute atomic E-state index is 13.4. The lowest BCUT2D eigenvalue weighted by Gasteiger charge is -2.31. The van der Waals surface area contributed by atoms with Crippen molar-refractivity contribution in [3.05, 3.63) is 71.7 Å². The van der Waals surface area contributed by atoms with Crippen molar-refractivity contribution >= 4 is 12.0 Å². The Morgan fingerprint density at radius 3 is 2.39 bits per heavy atom. The summed E-state index contributed by atoms with van der Waals surface area (Å²) in [5.41, 5.74) is 3.59. The highest BCUT2D eigenvalue weighted by molar-refractivity contribution is 6.00. The van der Waals surface area contributed by atoms with Gasteiger partial charge < -0.3 is 15.0 Å². The molecule has 0 unspecified atom stereocenters.